The van der Waals surface area contributed by atoms with Crippen molar-refractivity contribution in [3.63, 3.8) is 0 Å². The van der Waals surface area contributed by atoms with Crippen LogP contribution in [0.2, 0.25) is 0 Å². The zero-order valence-corrected chi connectivity index (χ0v) is 13.3. The molecule has 6 heteroatoms. The Morgan fingerprint density at radius 3 is 2.50 bits per heavy atom. The Morgan fingerprint density at radius 1 is 1.28 bits per heavy atom. The van der Waals surface area contributed by atoms with Gasteiger partial charge in [-0.15, -0.1) is 0 Å². The Balaban J connectivity index is 2.53. The Kier molecular flexibility index (Phi) is 5.81. The maximum Gasteiger partial charge on any atom is 0.252 e. The number of carbonyl (C=O) groups excluding carboxylic acids is 2. The highest BCUT2D eigenvalue weighted by molar-refractivity contribution is 9.11. The summed E-state index contributed by atoms with van der Waals surface area (Å²) in [5, 5.41) is 2.71. The molecule has 0 saturated heterocycles. The fourth-order valence-corrected chi connectivity index (χ4v) is 2.50. The second-order valence-corrected chi connectivity index (χ2v) is 5.69. The van der Waals surface area contributed by atoms with E-state index in [9.17, 15) is 9.59 Å². The molecule has 0 unspecified atom stereocenters. The summed E-state index contributed by atoms with van der Waals surface area (Å²) in [4.78, 5) is 24.7. The van der Waals surface area contributed by atoms with Crippen LogP contribution in [0.15, 0.2) is 27.1 Å². The van der Waals surface area contributed by atoms with Gasteiger partial charge in [0.1, 0.15) is 0 Å². The molecule has 2 amide bonds. The fraction of sp³-hybridized carbons (Fsp3) is 0.333. The molecule has 0 aliphatic heterocycles. The molecule has 98 valence electrons. The molecule has 1 rings (SSSR count). The van der Waals surface area contributed by atoms with Crippen LogP contribution in [-0.4, -0.2) is 37.4 Å². The van der Waals surface area contributed by atoms with E-state index in [-0.39, 0.29) is 11.8 Å². The minimum Gasteiger partial charge on any atom is -0.351 e. The SMILES string of the molecule is CN(C)C(=O)CCNC(=O)c1ccc(Br)cc1Br. The fourth-order valence-electron chi connectivity index (χ4n) is 1.28. The number of amides is 2. The predicted octanol–water partition coefficient (Wildman–Crippen LogP) is 2.42. The average Bonchev–Trinajstić information content (AvgIpc) is 2.28. The van der Waals surface area contributed by atoms with Crippen molar-refractivity contribution in [3.8, 4) is 0 Å². The maximum absolute atomic E-state index is 11.8. The summed E-state index contributed by atoms with van der Waals surface area (Å²) in [5.74, 6) is -0.203. The minimum absolute atomic E-state index is 0.00910. The third-order valence-corrected chi connectivity index (χ3v) is 3.45. The third-order valence-electron chi connectivity index (χ3n) is 2.30. The zero-order chi connectivity index (χ0) is 13.7. The summed E-state index contributed by atoms with van der Waals surface area (Å²) in [7, 11) is 3.38. The van der Waals surface area contributed by atoms with Crippen LogP contribution in [0.3, 0.4) is 0 Å². The van der Waals surface area contributed by atoms with Crippen LogP contribution in [0.4, 0.5) is 0 Å². The van der Waals surface area contributed by atoms with E-state index in [1.165, 1.54) is 4.90 Å². The largest absolute Gasteiger partial charge is 0.351 e. The van der Waals surface area contributed by atoms with Crippen molar-refractivity contribution in [3.05, 3.63) is 32.7 Å². The van der Waals surface area contributed by atoms with E-state index >= 15 is 0 Å². The lowest BCUT2D eigenvalue weighted by atomic mass is 10.2. The summed E-state index contributed by atoms with van der Waals surface area (Å²) in [6.45, 7) is 0.332. The van der Waals surface area contributed by atoms with E-state index in [1.807, 2.05) is 0 Å². The number of halogens is 2. The molecular weight excluding hydrogens is 364 g/mol. The van der Waals surface area contributed by atoms with Crippen molar-refractivity contribution in [2.75, 3.05) is 20.6 Å². The molecule has 0 aromatic heterocycles. The van der Waals surface area contributed by atoms with Crippen LogP contribution in [-0.2, 0) is 4.79 Å². The molecule has 1 N–H and O–H groups in total. The third kappa shape index (κ3) is 4.42. The monoisotopic (exact) mass is 376 g/mol. The van der Waals surface area contributed by atoms with Gasteiger partial charge in [-0.3, -0.25) is 9.59 Å². The molecule has 4 nitrogen and oxygen atoms in total. The van der Waals surface area contributed by atoms with Crippen LogP contribution in [0.1, 0.15) is 16.8 Å². The van der Waals surface area contributed by atoms with Gasteiger partial charge >= 0.3 is 0 Å². The highest BCUT2D eigenvalue weighted by Gasteiger charge is 2.10. The molecule has 0 atom stereocenters. The van der Waals surface area contributed by atoms with Gasteiger partial charge in [-0.25, -0.2) is 0 Å². The van der Waals surface area contributed by atoms with Crippen LogP contribution in [0.25, 0.3) is 0 Å². The van der Waals surface area contributed by atoms with Crippen LogP contribution >= 0.6 is 31.9 Å². The molecule has 1 aromatic carbocycles. The number of carbonyl (C=O) groups is 2. The number of benzene rings is 1. The van der Waals surface area contributed by atoms with E-state index in [0.717, 1.165) is 4.47 Å². The molecule has 0 aliphatic rings. The maximum atomic E-state index is 11.8. The van der Waals surface area contributed by atoms with Gasteiger partial charge in [0.2, 0.25) is 5.91 Å². The molecule has 0 heterocycles. The summed E-state index contributed by atoms with van der Waals surface area (Å²) >= 11 is 6.65. The lowest BCUT2D eigenvalue weighted by Crippen LogP contribution is -2.30. The highest BCUT2D eigenvalue weighted by atomic mass is 79.9. The van der Waals surface area contributed by atoms with Gasteiger partial charge in [0.25, 0.3) is 5.91 Å². The molecule has 0 spiro atoms. The van der Waals surface area contributed by atoms with Crippen LogP contribution in [0.5, 0.6) is 0 Å². The Labute approximate surface area is 123 Å². The lowest BCUT2D eigenvalue weighted by molar-refractivity contribution is -0.128. The van der Waals surface area contributed by atoms with E-state index in [0.29, 0.717) is 23.0 Å². The van der Waals surface area contributed by atoms with Crippen molar-refractivity contribution in [1.29, 1.82) is 0 Å². The van der Waals surface area contributed by atoms with Gasteiger partial charge in [-0.05, 0) is 34.1 Å². The second kappa shape index (κ2) is 6.89. The van der Waals surface area contributed by atoms with E-state index in [1.54, 1.807) is 32.3 Å². The minimum atomic E-state index is -0.194. The first-order valence-corrected chi connectivity index (χ1v) is 6.94. The number of hydrogen-bond donors (Lipinski definition) is 1. The quantitative estimate of drug-likeness (QED) is 0.875. The van der Waals surface area contributed by atoms with E-state index < -0.39 is 0 Å². The number of hydrogen-bond acceptors (Lipinski definition) is 2. The molecule has 0 fully saturated rings. The number of nitrogens with one attached hydrogen (secondary N) is 1. The first kappa shape index (κ1) is 15.2. The summed E-state index contributed by atoms with van der Waals surface area (Å²) in [5.41, 5.74) is 0.551. The molecule has 0 aliphatic carbocycles. The Morgan fingerprint density at radius 2 is 1.94 bits per heavy atom. The van der Waals surface area contributed by atoms with Gasteiger partial charge < -0.3 is 10.2 Å². The summed E-state index contributed by atoms with van der Waals surface area (Å²) in [6, 6.07) is 5.32. The van der Waals surface area contributed by atoms with Gasteiger partial charge in [0, 0.05) is 36.0 Å². The predicted molar refractivity (Wildman–Crippen MR) is 77.5 cm³/mol. The number of rotatable bonds is 4. The van der Waals surface area contributed by atoms with Crippen molar-refractivity contribution >= 4 is 43.7 Å². The lowest BCUT2D eigenvalue weighted by Gasteiger charge is -2.11. The van der Waals surface area contributed by atoms with Crippen molar-refractivity contribution in [2.24, 2.45) is 0 Å². The number of nitrogens with zero attached hydrogens (tertiary/aromatic N) is 1. The first-order valence-electron chi connectivity index (χ1n) is 5.35. The summed E-state index contributed by atoms with van der Waals surface area (Å²) in [6.07, 6.45) is 0.298. The second-order valence-electron chi connectivity index (χ2n) is 3.92. The molecule has 0 saturated carbocycles. The van der Waals surface area contributed by atoms with Crippen molar-refractivity contribution < 1.29 is 9.59 Å². The van der Waals surface area contributed by atoms with Gasteiger partial charge in [0.15, 0.2) is 0 Å². The topological polar surface area (TPSA) is 49.4 Å². The van der Waals surface area contributed by atoms with E-state index in [2.05, 4.69) is 37.2 Å². The Bertz CT molecular complexity index is 461. The van der Waals surface area contributed by atoms with Crippen LogP contribution < -0.4 is 5.32 Å². The average molecular weight is 378 g/mol. The van der Waals surface area contributed by atoms with Crippen LogP contribution in [0, 0.1) is 0 Å². The smallest absolute Gasteiger partial charge is 0.252 e. The van der Waals surface area contributed by atoms with Crippen molar-refractivity contribution in [2.45, 2.75) is 6.42 Å². The zero-order valence-electron chi connectivity index (χ0n) is 10.2. The van der Waals surface area contributed by atoms with Gasteiger partial charge in [-0.1, -0.05) is 15.9 Å². The molecule has 1 aromatic rings. The molecule has 0 bridgehead atoms. The van der Waals surface area contributed by atoms with E-state index in [4.69, 9.17) is 0 Å². The standard InChI is InChI=1S/C12H14Br2N2O2/c1-16(2)11(17)5-6-15-12(18)9-4-3-8(13)7-10(9)14/h3-4,7H,5-6H2,1-2H3,(H,15,18). The first-order chi connectivity index (χ1) is 8.41. The molecule has 0 radical (unpaired) electrons. The van der Waals surface area contributed by atoms with Crippen molar-refractivity contribution in [1.82, 2.24) is 10.2 Å². The van der Waals surface area contributed by atoms with Gasteiger partial charge in [-0.2, -0.15) is 0 Å². The Hall–Kier alpha value is -0.880. The normalized spacial score (nSPS) is 10.0. The van der Waals surface area contributed by atoms with Gasteiger partial charge in [0.05, 0.1) is 5.56 Å². The highest BCUT2D eigenvalue weighted by Crippen LogP contribution is 2.21. The molecule has 18 heavy (non-hydrogen) atoms. The molecular formula is C12H14Br2N2O2. The summed E-state index contributed by atoms with van der Waals surface area (Å²) < 4.78 is 1.61.